The first-order chi connectivity index (χ1) is 14.1. The van der Waals surface area contributed by atoms with E-state index in [2.05, 4.69) is 15.7 Å². The van der Waals surface area contributed by atoms with Crippen LogP contribution in [0, 0.1) is 6.92 Å². The molecular formula is C22H28N4O3. The number of amides is 2. The van der Waals surface area contributed by atoms with Crippen LogP contribution in [-0.4, -0.2) is 40.3 Å². The second-order valence-electron chi connectivity index (χ2n) is 7.99. The number of nitrogens with one attached hydrogen (secondary N) is 2. The van der Waals surface area contributed by atoms with Crippen LogP contribution in [0.15, 0.2) is 36.7 Å². The predicted octanol–water partition coefficient (Wildman–Crippen LogP) is 3.22. The number of carbonyl (C=O) groups excluding carboxylic acids is 2. The van der Waals surface area contributed by atoms with Gasteiger partial charge in [-0.2, -0.15) is 5.10 Å². The van der Waals surface area contributed by atoms with Gasteiger partial charge in [0.15, 0.2) is 0 Å². The Labute approximate surface area is 170 Å². The molecule has 2 aliphatic rings. The van der Waals surface area contributed by atoms with Crippen molar-refractivity contribution < 1.29 is 14.3 Å². The van der Waals surface area contributed by atoms with Crippen molar-refractivity contribution in [3.05, 3.63) is 47.8 Å². The molecule has 2 heterocycles. The fourth-order valence-electron chi connectivity index (χ4n) is 4.15. The van der Waals surface area contributed by atoms with Crippen molar-refractivity contribution in [1.29, 1.82) is 0 Å². The number of carbonyl (C=O) groups is 2. The Balaban J connectivity index is 1.34. The number of rotatable bonds is 5. The van der Waals surface area contributed by atoms with Crippen molar-refractivity contribution in [1.82, 2.24) is 15.1 Å². The summed E-state index contributed by atoms with van der Waals surface area (Å²) in [5.74, 6) is -0.236. The molecule has 0 bridgehead atoms. The van der Waals surface area contributed by atoms with E-state index in [1.807, 2.05) is 36.0 Å². The number of hydrogen-bond donors (Lipinski definition) is 2. The third-order valence-electron chi connectivity index (χ3n) is 5.91. The Morgan fingerprint density at radius 1 is 1.17 bits per heavy atom. The standard InChI is InChI=1S/C22H28N4O3/c1-15-5-6-16(14-19(15)25-22(28)20-4-2-13-29-20)21(27)24-17-7-9-18(10-8-17)26-12-3-11-23-26/h3,5-6,11-12,14,17-18,20H,2,4,7-10,13H2,1H3,(H,24,27)(H,25,28). The zero-order valence-corrected chi connectivity index (χ0v) is 16.8. The van der Waals surface area contributed by atoms with Gasteiger partial charge in [0.2, 0.25) is 0 Å². The van der Waals surface area contributed by atoms with Gasteiger partial charge in [-0.15, -0.1) is 0 Å². The van der Waals surface area contributed by atoms with Crippen molar-refractivity contribution in [2.24, 2.45) is 0 Å². The summed E-state index contributed by atoms with van der Waals surface area (Å²) >= 11 is 0. The van der Waals surface area contributed by atoms with Crippen LogP contribution in [0.3, 0.4) is 0 Å². The number of hydrogen-bond acceptors (Lipinski definition) is 4. The molecule has 2 fully saturated rings. The zero-order valence-electron chi connectivity index (χ0n) is 16.8. The van der Waals surface area contributed by atoms with E-state index in [1.165, 1.54) is 0 Å². The summed E-state index contributed by atoms with van der Waals surface area (Å²) in [4.78, 5) is 25.1. The van der Waals surface area contributed by atoms with E-state index >= 15 is 0 Å². The van der Waals surface area contributed by atoms with E-state index in [9.17, 15) is 9.59 Å². The van der Waals surface area contributed by atoms with Gasteiger partial charge in [-0.25, -0.2) is 0 Å². The van der Waals surface area contributed by atoms with Gasteiger partial charge in [-0.1, -0.05) is 6.07 Å². The summed E-state index contributed by atoms with van der Waals surface area (Å²) in [5.41, 5.74) is 2.15. The maximum Gasteiger partial charge on any atom is 0.253 e. The summed E-state index contributed by atoms with van der Waals surface area (Å²) in [6.07, 6.45) is 8.94. The van der Waals surface area contributed by atoms with Crippen LogP contribution in [0.25, 0.3) is 0 Å². The van der Waals surface area contributed by atoms with Gasteiger partial charge >= 0.3 is 0 Å². The molecule has 1 unspecified atom stereocenters. The molecule has 4 rings (SSSR count). The first kappa shape index (κ1) is 19.6. The topological polar surface area (TPSA) is 85.3 Å². The predicted molar refractivity (Wildman–Crippen MR) is 110 cm³/mol. The lowest BCUT2D eigenvalue weighted by Crippen LogP contribution is -2.38. The van der Waals surface area contributed by atoms with Gasteiger partial charge in [0, 0.05) is 36.3 Å². The summed E-state index contributed by atoms with van der Waals surface area (Å²) in [6, 6.07) is 7.96. The van der Waals surface area contributed by atoms with Crippen molar-refractivity contribution in [2.75, 3.05) is 11.9 Å². The monoisotopic (exact) mass is 396 g/mol. The second-order valence-corrected chi connectivity index (χ2v) is 7.99. The van der Waals surface area contributed by atoms with E-state index in [1.54, 1.807) is 12.3 Å². The van der Waals surface area contributed by atoms with Gasteiger partial charge < -0.3 is 15.4 Å². The highest BCUT2D eigenvalue weighted by Gasteiger charge is 2.26. The first-order valence-electron chi connectivity index (χ1n) is 10.4. The molecule has 0 spiro atoms. The average Bonchev–Trinajstić information content (AvgIpc) is 3.44. The Bertz CT molecular complexity index is 851. The van der Waals surface area contributed by atoms with Crippen molar-refractivity contribution in [2.45, 2.75) is 63.6 Å². The number of benzene rings is 1. The number of nitrogens with zero attached hydrogens (tertiary/aromatic N) is 2. The average molecular weight is 396 g/mol. The Morgan fingerprint density at radius 2 is 2.00 bits per heavy atom. The highest BCUT2D eigenvalue weighted by atomic mass is 16.5. The second kappa shape index (κ2) is 8.78. The van der Waals surface area contributed by atoms with E-state index < -0.39 is 6.10 Å². The highest BCUT2D eigenvalue weighted by Crippen LogP contribution is 2.28. The fraction of sp³-hybridized carbons (Fsp3) is 0.500. The zero-order chi connectivity index (χ0) is 20.2. The minimum Gasteiger partial charge on any atom is -0.368 e. The maximum absolute atomic E-state index is 12.8. The van der Waals surface area contributed by atoms with Gasteiger partial charge in [0.1, 0.15) is 6.10 Å². The van der Waals surface area contributed by atoms with Crippen molar-refractivity contribution in [3.63, 3.8) is 0 Å². The van der Waals surface area contributed by atoms with Crippen LogP contribution < -0.4 is 10.6 Å². The molecule has 29 heavy (non-hydrogen) atoms. The molecule has 2 aromatic rings. The lowest BCUT2D eigenvalue weighted by atomic mass is 9.91. The fourth-order valence-corrected chi connectivity index (χ4v) is 4.15. The molecule has 1 aromatic heterocycles. The van der Waals surface area contributed by atoms with E-state index in [-0.39, 0.29) is 17.9 Å². The smallest absolute Gasteiger partial charge is 0.253 e. The minimum atomic E-state index is -0.392. The van der Waals surface area contributed by atoms with Crippen LogP contribution in [0.4, 0.5) is 5.69 Å². The molecular weight excluding hydrogens is 368 g/mol. The largest absolute Gasteiger partial charge is 0.368 e. The molecule has 7 nitrogen and oxygen atoms in total. The Kier molecular flexibility index (Phi) is 5.94. The normalized spacial score (nSPS) is 24.2. The SMILES string of the molecule is Cc1ccc(C(=O)NC2CCC(n3cccn3)CC2)cc1NC(=O)C1CCCO1. The number of ether oxygens (including phenoxy) is 1. The molecule has 2 amide bonds. The number of aromatic nitrogens is 2. The molecule has 1 aliphatic heterocycles. The van der Waals surface area contributed by atoms with Gasteiger partial charge in [0.25, 0.3) is 11.8 Å². The molecule has 1 aliphatic carbocycles. The van der Waals surface area contributed by atoms with Crippen LogP contribution in [-0.2, 0) is 9.53 Å². The third kappa shape index (κ3) is 4.67. The summed E-state index contributed by atoms with van der Waals surface area (Å²) in [7, 11) is 0. The third-order valence-corrected chi connectivity index (χ3v) is 5.91. The van der Waals surface area contributed by atoms with Crippen molar-refractivity contribution >= 4 is 17.5 Å². The Morgan fingerprint density at radius 3 is 2.69 bits per heavy atom. The van der Waals surface area contributed by atoms with Crippen LogP contribution in [0.5, 0.6) is 0 Å². The number of aryl methyl sites for hydroxylation is 1. The number of anilines is 1. The van der Waals surface area contributed by atoms with E-state index in [4.69, 9.17) is 4.74 Å². The quantitative estimate of drug-likeness (QED) is 0.813. The molecule has 1 atom stereocenters. The molecule has 2 N–H and O–H groups in total. The molecule has 1 saturated carbocycles. The summed E-state index contributed by atoms with van der Waals surface area (Å²) in [6.45, 7) is 2.55. The molecule has 0 radical (unpaired) electrons. The molecule has 7 heteroatoms. The van der Waals surface area contributed by atoms with Gasteiger partial charge in [-0.3, -0.25) is 14.3 Å². The molecule has 1 aromatic carbocycles. The highest BCUT2D eigenvalue weighted by molar-refractivity contribution is 5.99. The lowest BCUT2D eigenvalue weighted by molar-refractivity contribution is -0.124. The van der Waals surface area contributed by atoms with Crippen LogP contribution >= 0.6 is 0 Å². The summed E-state index contributed by atoms with van der Waals surface area (Å²) in [5, 5.41) is 10.4. The first-order valence-corrected chi connectivity index (χ1v) is 10.4. The minimum absolute atomic E-state index is 0.0971. The molecule has 154 valence electrons. The Hall–Kier alpha value is -2.67. The van der Waals surface area contributed by atoms with E-state index in [0.717, 1.165) is 44.1 Å². The van der Waals surface area contributed by atoms with E-state index in [0.29, 0.717) is 23.9 Å². The van der Waals surface area contributed by atoms with Crippen LogP contribution in [0.2, 0.25) is 0 Å². The van der Waals surface area contributed by atoms with Gasteiger partial charge in [0.05, 0.1) is 6.04 Å². The lowest BCUT2D eigenvalue weighted by Gasteiger charge is -2.29. The van der Waals surface area contributed by atoms with Crippen LogP contribution in [0.1, 0.15) is 60.5 Å². The van der Waals surface area contributed by atoms with Crippen molar-refractivity contribution in [3.8, 4) is 0 Å². The molecule has 1 saturated heterocycles. The summed E-state index contributed by atoms with van der Waals surface area (Å²) < 4.78 is 7.46. The van der Waals surface area contributed by atoms with Gasteiger partial charge in [-0.05, 0) is 69.2 Å². The maximum atomic E-state index is 12.8.